The van der Waals surface area contributed by atoms with Crippen LogP contribution in [0.25, 0.3) is 22.3 Å². The van der Waals surface area contributed by atoms with E-state index < -0.39 is 0 Å². The first-order valence-corrected chi connectivity index (χ1v) is 11.4. The van der Waals surface area contributed by atoms with Crippen molar-refractivity contribution in [1.82, 2.24) is 24.7 Å². The summed E-state index contributed by atoms with van der Waals surface area (Å²) in [6, 6.07) is 12.2. The fourth-order valence-electron chi connectivity index (χ4n) is 3.89. The maximum Gasteiger partial charge on any atom is 0.157 e. The average Bonchev–Trinajstić information content (AvgIpc) is 3.26. The monoisotopic (exact) mass is 460 g/mol. The summed E-state index contributed by atoms with van der Waals surface area (Å²) in [5, 5.41) is 8.81. The van der Waals surface area contributed by atoms with Gasteiger partial charge in [-0.05, 0) is 17.7 Å². The third kappa shape index (κ3) is 4.85. The fraction of sp³-hybridized carbons (Fsp3) is 0.360. The highest BCUT2D eigenvalue weighted by Gasteiger charge is 2.22. The third-order valence-electron chi connectivity index (χ3n) is 5.89. The van der Waals surface area contributed by atoms with Gasteiger partial charge in [0.1, 0.15) is 24.0 Å². The minimum absolute atomic E-state index is 0.142. The third-order valence-corrected chi connectivity index (χ3v) is 5.89. The zero-order valence-corrected chi connectivity index (χ0v) is 19.3. The van der Waals surface area contributed by atoms with Crippen LogP contribution in [-0.2, 0) is 16.0 Å². The fourth-order valence-corrected chi connectivity index (χ4v) is 3.89. The smallest absolute Gasteiger partial charge is 0.157 e. The summed E-state index contributed by atoms with van der Waals surface area (Å²) < 4.78 is 18.3. The van der Waals surface area contributed by atoms with Gasteiger partial charge in [0, 0.05) is 42.8 Å². The molecule has 1 fully saturated rings. The number of hydrogen-bond acceptors (Lipinski definition) is 8. The number of benzene rings is 1. The molecule has 4 aromatic rings. The van der Waals surface area contributed by atoms with Gasteiger partial charge in [0.2, 0.25) is 0 Å². The molecule has 0 radical (unpaired) electrons. The summed E-state index contributed by atoms with van der Waals surface area (Å²) in [6.07, 6.45) is 5.35. The number of ether oxygens (including phenoxy) is 3. The summed E-state index contributed by atoms with van der Waals surface area (Å²) >= 11 is 0. The van der Waals surface area contributed by atoms with Crippen molar-refractivity contribution in [3.63, 3.8) is 0 Å². The van der Waals surface area contributed by atoms with Gasteiger partial charge in [-0.2, -0.15) is 5.10 Å². The number of nitrogens with zero attached hydrogens (tertiary/aromatic N) is 5. The van der Waals surface area contributed by atoms with Crippen molar-refractivity contribution in [3.05, 3.63) is 60.7 Å². The van der Waals surface area contributed by atoms with Gasteiger partial charge in [0.25, 0.3) is 0 Å². The quantitative estimate of drug-likeness (QED) is 0.384. The Morgan fingerprint density at radius 2 is 2.03 bits per heavy atom. The molecular formula is C25H28N6O3. The van der Waals surface area contributed by atoms with Gasteiger partial charge in [0.05, 0.1) is 38.3 Å². The number of pyridine rings is 1. The lowest BCUT2D eigenvalue weighted by Crippen LogP contribution is -2.38. The van der Waals surface area contributed by atoms with Gasteiger partial charge >= 0.3 is 0 Å². The molecule has 0 amide bonds. The summed E-state index contributed by atoms with van der Waals surface area (Å²) in [6.45, 7) is 5.44. The van der Waals surface area contributed by atoms with Crippen LogP contribution in [0, 0.1) is 0 Å². The molecule has 9 heteroatoms. The number of para-hydroxylation sites is 1. The Bertz CT molecular complexity index is 1260. The number of aromatic nitrogens is 5. The van der Waals surface area contributed by atoms with E-state index in [-0.39, 0.29) is 12.0 Å². The van der Waals surface area contributed by atoms with Crippen molar-refractivity contribution >= 4 is 16.9 Å². The van der Waals surface area contributed by atoms with E-state index in [1.54, 1.807) is 13.4 Å². The first-order valence-electron chi connectivity index (χ1n) is 11.4. The van der Waals surface area contributed by atoms with E-state index in [1.165, 1.54) is 0 Å². The molecule has 1 aliphatic heterocycles. The maximum atomic E-state index is 6.09. The van der Waals surface area contributed by atoms with E-state index in [1.807, 2.05) is 47.4 Å². The Morgan fingerprint density at radius 3 is 2.85 bits per heavy atom. The van der Waals surface area contributed by atoms with Crippen molar-refractivity contribution in [3.8, 4) is 17.0 Å². The molecule has 4 heterocycles. The Hall–Kier alpha value is -3.56. The molecule has 9 nitrogen and oxygen atoms in total. The van der Waals surface area contributed by atoms with Gasteiger partial charge in [-0.25, -0.2) is 19.6 Å². The van der Waals surface area contributed by atoms with Crippen LogP contribution in [0.5, 0.6) is 5.75 Å². The molecule has 1 aliphatic rings. The van der Waals surface area contributed by atoms with Crippen molar-refractivity contribution in [2.24, 2.45) is 0 Å². The van der Waals surface area contributed by atoms with Crippen molar-refractivity contribution in [1.29, 1.82) is 0 Å². The summed E-state index contributed by atoms with van der Waals surface area (Å²) in [5.41, 5.74) is 3.71. The number of rotatable bonds is 10. The lowest BCUT2D eigenvalue weighted by Gasteiger charge is -2.28. The molecule has 5 rings (SSSR count). The van der Waals surface area contributed by atoms with Gasteiger partial charge < -0.3 is 19.5 Å². The van der Waals surface area contributed by atoms with E-state index in [4.69, 9.17) is 14.2 Å². The Balaban J connectivity index is 1.27. The van der Waals surface area contributed by atoms with Gasteiger partial charge in [-0.15, -0.1) is 0 Å². The molecule has 0 spiro atoms. The summed E-state index contributed by atoms with van der Waals surface area (Å²) in [5.74, 6) is 1.91. The second kappa shape index (κ2) is 10.1. The van der Waals surface area contributed by atoms with E-state index in [0.29, 0.717) is 32.9 Å². The number of hydrogen-bond donors (Lipinski definition) is 1. The Morgan fingerprint density at radius 1 is 1.15 bits per heavy atom. The molecule has 0 aliphatic carbocycles. The Labute approximate surface area is 198 Å². The molecule has 1 saturated heterocycles. The largest absolute Gasteiger partial charge is 0.485 e. The van der Waals surface area contributed by atoms with Crippen molar-refractivity contribution < 1.29 is 14.2 Å². The van der Waals surface area contributed by atoms with Crippen LogP contribution in [0.1, 0.15) is 18.4 Å². The molecule has 1 aromatic carbocycles. The number of anilines is 1. The average molecular weight is 461 g/mol. The van der Waals surface area contributed by atoms with Gasteiger partial charge in [-0.3, -0.25) is 0 Å². The summed E-state index contributed by atoms with van der Waals surface area (Å²) in [7, 11) is 1.68. The molecule has 176 valence electrons. The van der Waals surface area contributed by atoms with E-state index in [2.05, 4.69) is 38.4 Å². The van der Waals surface area contributed by atoms with Crippen molar-refractivity contribution in [2.45, 2.75) is 25.5 Å². The molecule has 1 N–H and O–H groups in total. The van der Waals surface area contributed by atoms with E-state index in [0.717, 1.165) is 39.4 Å². The summed E-state index contributed by atoms with van der Waals surface area (Å²) in [4.78, 5) is 13.5. The zero-order chi connectivity index (χ0) is 23.3. The van der Waals surface area contributed by atoms with Crippen LogP contribution in [0.4, 0.5) is 5.82 Å². The first kappa shape index (κ1) is 22.2. The second-order valence-electron chi connectivity index (χ2n) is 8.38. The molecule has 0 bridgehead atoms. The van der Waals surface area contributed by atoms with Crippen molar-refractivity contribution in [2.75, 3.05) is 38.8 Å². The van der Waals surface area contributed by atoms with Gasteiger partial charge in [-0.1, -0.05) is 25.1 Å². The molecule has 0 saturated carbocycles. The number of nitrogens with one attached hydrogen (secondary N) is 1. The highest BCUT2D eigenvalue weighted by molar-refractivity contribution is 5.80. The number of fused-ring (bicyclic) bond motifs is 1. The predicted octanol–water partition coefficient (Wildman–Crippen LogP) is 3.53. The SMILES string of the molecule is COCCn1ncc2cc(-c3cc(NCC(C)c4ccccc4OC4COC4)ncn3)cnc21. The van der Waals surface area contributed by atoms with E-state index in [9.17, 15) is 0 Å². The standard InChI is InChI=1S/C25H28N6O3/c1-17(21-5-3-4-6-23(21)34-20-14-33-15-20)11-26-24-10-22(28-16-29-24)18-9-19-13-30-31(7-8-32-2)25(19)27-12-18/h3-6,9-10,12-13,16-17,20H,7-8,11,14-15H2,1-2H3,(H,26,28,29). The highest BCUT2D eigenvalue weighted by atomic mass is 16.6. The lowest BCUT2D eigenvalue weighted by molar-refractivity contribution is -0.0800. The van der Waals surface area contributed by atoms with Crippen LogP contribution < -0.4 is 10.1 Å². The minimum Gasteiger partial charge on any atom is -0.485 e. The highest BCUT2D eigenvalue weighted by Crippen LogP contribution is 2.29. The van der Waals surface area contributed by atoms with Gasteiger partial charge in [0.15, 0.2) is 5.65 Å². The molecule has 3 aromatic heterocycles. The molecule has 1 unspecified atom stereocenters. The second-order valence-corrected chi connectivity index (χ2v) is 8.38. The topological polar surface area (TPSA) is 96.2 Å². The number of methoxy groups -OCH3 is 1. The predicted molar refractivity (Wildman–Crippen MR) is 129 cm³/mol. The van der Waals surface area contributed by atoms with Crippen LogP contribution in [0.15, 0.2) is 55.1 Å². The van der Waals surface area contributed by atoms with Crippen LogP contribution in [0.3, 0.4) is 0 Å². The minimum atomic E-state index is 0.142. The first-order chi connectivity index (χ1) is 16.7. The van der Waals surface area contributed by atoms with E-state index >= 15 is 0 Å². The lowest BCUT2D eigenvalue weighted by atomic mass is 10.00. The molecular weight excluding hydrogens is 432 g/mol. The van der Waals surface area contributed by atoms with Crippen LogP contribution in [0.2, 0.25) is 0 Å². The zero-order valence-electron chi connectivity index (χ0n) is 19.3. The maximum absolute atomic E-state index is 6.09. The molecule has 34 heavy (non-hydrogen) atoms. The Kier molecular flexibility index (Phi) is 6.64. The van der Waals surface area contributed by atoms with Crippen LogP contribution >= 0.6 is 0 Å². The molecule has 1 atom stereocenters. The van der Waals surface area contributed by atoms with Crippen LogP contribution in [-0.4, -0.2) is 64.3 Å². The normalized spacial score (nSPS) is 14.6.